The van der Waals surface area contributed by atoms with Crippen molar-refractivity contribution >= 4 is 0 Å². The van der Waals surface area contributed by atoms with E-state index in [4.69, 9.17) is 5.11 Å². The van der Waals surface area contributed by atoms with Crippen molar-refractivity contribution in [1.82, 2.24) is 5.32 Å². The second-order valence-corrected chi connectivity index (χ2v) is 2.66. The van der Waals surface area contributed by atoms with Crippen LogP contribution in [0.1, 0.15) is 25.7 Å². The number of aliphatic hydroxyl groups excluding tert-OH is 1. The highest BCUT2D eigenvalue weighted by molar-refractivity contribution is 4.80. The predicted molar refractivity (Wildman–Crippen MR) is 37.3 cm³/mol. The molecule has 0 aliphatic heterocycles. The van der Waals surface area contributed by atoms with Crippen molar-refractivity contribution in [2.24, 2.45) is 0 Å². The second kappa shape index (κ2) is 3.85. The molecule has 0 spiro atoms. The van der Waals surface area contributed by atoms with Crippen LogP contribution >= 0.6 is 0 Å². The zero-order valence-electron chi connectivity index (χ0n) is 5.77. The lowest BCUT2D eigenvalue weighted by Crippen LogP contribution is -2.17. The molecule has 0 saturated heterocycles. The van der Waals surface area contributed by atoms with E-state index >= 15 is 0 Å². The summed E-state index contributed by atoms with van der Waals surface area (Å²) in [5, 5.41) is 11.8. The normalized spacial score (nSPS) is 18.3. The van der Waals surface area contributed by atoms with Gasteiger partial charge in [-0.3, -0.25) is 0 Å². The van der Waals surface area contributed by atoms with Crippen molar-refractivity contribution in [3.05, 3.63) is 0 Å². The summed E-state index contributed by atoms with van der Waals surface area (Å²) in [6.45, 7) is 1.43. The first-order valence-corrected chi connectivity index (χ1v) is 3.77. The summed E-state index contributed by atoms with van der Waals surface area (Å²) in [7, 11) is 0. The van der Waals surface area contributed by atoms with E-state index in [0.29, 0.717) is 6.61 Å². The quantitative estimate of drug-likeness (QED) is 0.530. The van der Waals surface area contributed by atoms with Crippen LogP contribution in [0.2, 0.25) is 0 Å². The third-order valence-corrected chi connectivity index (χ3v) is 1.60. The molecular formula is C7H15NO. The Morgan fingerprint density at radius 1 is 1.33 bits per heavy atom. The van der Waals surface area contributed by atoms with Crippen molar-refractivity contribution in [3.8, 4) is 0 Å². The Kier molecular flexibility index (Phi) is 3.01. The van der Waals surface area contributed by atoms with Crippen molar-refractivity contribution in [2.45, 2.75) is 31.7 Å². The van der Waals surface area contributed by atoms with Crippen molar-refractivity contribution < 1.29 is 5.11 Å². The average Bonchev–Trinajstić information content (AvgIpc) is 2.63. The number of unbranched alkanes of at least 4 members (excludes halogenated alkanes) is 1. The zero-order valence-corrected chi connectivity index (χ0v) is 5.77. The van der Waals surface area contributed by atoms with Gasteiger partial charge < -0.3 is 10.4 Å². The molecule has 0 atom stereocenters. The molecule has 2 heteroatoms. The lowest BCUT2D eigenvalue weighted by Gasteiger charge is -1.98. The van der Waals surface area contributed by atoms with Crippen molar-refractivity contribution in [1.29, 1.82) is 0 Å². The summed E-state index contributed by atoms with van der Waals surface area (Å²) in [4.78, 5) is 0. The largest absolute Gasteiger partial charge is 0.396 e. The summed E-state index contributed by atoms with van der Waals surface area (Å²) in [5.74, 6) is 0. The molecule has 2 N–H and O–H groups in total. The Balaban J connectivity index is 1.71. The first-order chi connectivity index (χ1) is 4.43. The van der Waals surface area contributed by atoms with Gasteiger partial charge in [0.25, 0.3) is 0 Å². The maximum absolute atomic E-state index is 8.42. The summed E-state index contributed by atoms with van der Waals surface area (Å²) in [5.41, 5.74) is 0. The van der Waals surface area contributed by atoms with Crippen LogP contribution in [0.25, 0.3) is 0 Å². The van der Waals surface area contributed by atoms with E-state index in [1.165, 1.54) is 12.8 Å². The first-order valence-electron chi connectivity index (χ1n) is 3.77. The minimum Gasteiger partial charge on any atom is -0.396 e. The third-order valence-electron chi connectivity index (χ3n) is 1.60. The van der Waals surface area contributed by atoms with Gasteiger partial charge in [0.2, 0.25) is 0 Å². The monoisotopic (exact) mass is 129 g/mol. The highest BCUT2D eigenvalue weighted by atomic mass is 16.2. The van der Waals surface area contributed by atoms with Crippen LogP contribution in [0, 0.1) is 0 Å². The van der Waals surface area contributed by atoms with Crippen molar-refractivity contribution in [3.63, 3.8) is 0 Å². The van der Waals surface area contributed by atoms with Crippen LogP contribution in [0.3, 0.4) is 0 Å². The van der Waals surface area contributed by atoms with E-state index in [1.807, 2.05) is 0 Å². The van der Waals surface area contributed by atoms with E-state index in [-0.39, 0.29) is 0 Å². The van der Waals surface area contributed by atoms with Gasteiger partial charge in [-0.05, 0) is 32.2 Å². The van der Waals surface area contributed by atoms with Crippen LogP contribution in [0.5, 0.6) is 0 Å². The molecule has 0 heterocycles. The third kappa shape index (κ3) is 3.49. The molecule has 1 rings (SSSR count). The molecule has 1 fully saturated rings. The van der Waals surface area contributed by atoms with E-state index in [0.717, 1.165) is 25.4 Å². The average molecular weight is 129 g/mol. The molecule has 1 aliphatic rings. The molecule has 0 radical (unpaired) electrons. The molecule has 0 bridgehead atoms. The fourth-order valence-corrected chi connectivity index (χ4v) is 0.830. The fraction of sp³-hybridized carbons (Fsp3) is 1.00. The topological polar surface area (TPSA) is 32.3 Å². The highest BCUT2D eigenvalue weighted by Gasteiger charge is 2.19. The summed E-state index contributed by atoms with van der Waals surface area (Å²) < 4.78 is 0. The van der Waals surface area contributed by atoms with Crippen LogP contribution in [-0.4, -0.2) is 24.3 Å². The highest BCUT2D eigenvalue weighted by Crippen LogP contribution is 2.18. The molecule has 9 heavy (non-hydrogen) atoms. The van der Waals surface area contributed by atoms with Gasteiger partial charge in [0.05, 0.1) is 0 Å². The Morgan fingerprint density at radius 3 is 2.67 bits per heavy atom. The Bertz CT molecular complexity index is 71.3. The molecule has 54 valence electrons. The minimum atomic E-state index is 0.340. The molecule has 0 aromatic carbocycles. The van der Waals surface area contributed by atoms with E-state index in [1.54, 1.807) is 0 Å². The minimum absolute atomic E-state index is 0.340. The van der Waals surface area contributed by atoms with Crippen LogP contribution in [0.4, 0.5) is 0 Å². The number of aliphatic hydroxyl groups is 1. The number of hydrogen-bond acceptors (Lipinski definition) is 2. The zero-order chi connectivity index (χ0) is 6.53. The molecular weight excluding hydrogens is 114 g/mol. The van der Waals surface area contributed by atoms with Gasteiger partial charge in [-0.2, -0.15) is 0 Å². The lowest BCUT2D eigenvalue weighted by atomic mass is 10.3. The molecule has 0 aromatic rings. The van der Waals surface area contributed by atoms with Gasteiger partial charge in [-0.1, -0.05) is 0 Å². The molecule has 1 aliphatic carbocycles. The van der Waals surface area contributed by atoms with E-state index in [9.17, 15) is 0 Å². The molecule has 0 unspecified atom stereocenters. The number of hydrogen-bond donors (Lipinski definition) is 2. The maximum Gasteiger partial charge on any atom is 0.0431 e. The summed E-state index contributed by atoms with van der Waals surface area (Å²) >= 11 is 0. The lowest BCUT2D eigenvalue weighted by molar-refractivity contribution is 0.283. The van der Waals surface area contributed by atoms with Crippen molar-refractivity contribution in [2.75, 3.05) is 13.2 Å². The van der Waals surface area contributed by atoms with Gasteiger partial charge in [0, 0.05) is 12.6 Å². The second-order valence-electron chi connectivity index (χ2n) is 2.66. The Morgan fingerprint density at radius 2 is 2.11 bits per heavy atom. The Hall–Kier alpha value is -0.0800. The number of rotatable bonds is 5. The Labute approximate surface area is 56.3 Å². The van der Waals surface area contributed by atoms with Gasteiger partial charge in [-0.15, -0.1) is 0 Å². The predicted octanol–water partition coefficient (Wildman–Crippen LogP) is 0.511. The summed E-state index contributed by atoms with van der Waals surface area (Å²) in [6.07, 6.45) is 4.78. The fourth-order valence-electron chi connectivity index (χ4n) is 0.830. The smallest absolute Gasteiger partial charge is 0.0431 e. The number of nitrogens with one attached hydrogen (secondary N) is 1. The SMILES string of the molecule is OCCCCNC1CC1. The van der Waals surface area contributed by atoms with Gasteiger partial charge in [-0.25, -0.2) is 0 Å². The first kappa shape index (κ1) is 7.03. The van der Waals surface area contributed by atoms with Gasteiger partial charge >= 0.3 is 0 Å². The van der Waals surface area contributed by atoms with Gasteiger partial charge in [0.1, 0.15) is 0 Å². The maximum atomic E-state index is 8.42. The molecule has 2 nitrogen and oxygen atoms in total. The standard InChI is InChI=1S/C7H15NO/c9-6-2-1-5-8-7-3-4-7/h7-9H,1-6H2. The van der Waals surface area contributed by atoms with E-state index < -0.39 is 0 Å². The summed E-state index contributed by atoms with van der Waals surface area (Å²) in [6, 6.07) is 0.823. The molecule has 0 amide bonds. The van der Waals surface area contributed by atoms with Crippen LogP contribution < -0.4 is 5.32 Å². The van der Waals surface area contributed by atoms with Crippen LogP contribution in [0.15, 0.2) is 0 Å². The van der Waals surface area contributed by atoms with Crippen LogP contribution in [-0.2, 0) is 0 Å². The molecule has 1 saturated carbocycles. The van der Waals surface area contributed by atoms with E-state index in [2.05, 4.69) is 5.32 Å². The van der Waals surface area contributed by atoms with Gasteiger partial charge in [0.15, 0.2) is 0 Å². The molecule has 0 aromatic heterocycles.